The molecule has 0 saturated carbocycles. The average Bonchev–Trinajstić information content (AvgIpc) is 2.88. The Morgan fingerprint density at radius 2 is 1.88 bits per heavy atom. The lowest BCUT2D eigenvalue weighted by atomic mass is 9.79. The third-order valence-electron chi connectivity index (χ3n) is 6.53. The topological polar surface area (TPSA) is 56.8 Å². The highest BCUT2D eigenvalue weighted by Gasteiger charge is 2.39. The minimum absolute atomic E-state index is 0.117. The first-order valence-corrected chi connectivity index (χ1v) is 11.2. The van der Waals surface area contributed by atoms with E-state index in [1.807, 2.05) is 54.6 Å². The molecule has 3 unspecified atom stereocenters. The van der Waals surface area contributed by atoms with Crippen molar-refractivity contribution in [3.05, 3.63) is 112 Å². The monoisotopic (exact) mass is 441 g/mol. The van der Waals surface area contributed by atoms with Gasteiger partial charge in [-0.15, -0.1) is 0 Å². The Labute approximate surface area is 194 Å². The predicted octanol–water partition coefficient (Wildman–Crippen LogP) is 5.58. The molecule has 0 radical (unpaired) electrons. The van der Waals surface area contributed by atoms with E-state index in [9.17, 15) is 4.79 Å². The molecule has 3 aliphatic rings. The van der Waals surface area contributed by atoms with Crippen molar-refractivity contribution in [1.29, 1.82) is 0 Å². The summed E-state index contributed by atoms with van der Waals surface area (Å²) in [6.07, 6.45) is 10.9. The maximum Gasteiger partial charge on any atom is 0.412 e. The number of amides is 1. The number of methoxy groups -OCH3 is 1. The molecule has 0 saturated heterocycles. The highest BCUT2D eigenvalue weighted by molar-refractivity contribution is 5.69. The maximum atomic E-state index is 12.0. The van der Waals surface area contributed by atoms with E-state index in [1.165, 1.54) is 16.7 Å². The van der Waals surface area contributed by atoms with Crippen molar-refractivity contribution in [3.63, 3.8) is 0 Å². The summed E-state index contributed by atoms with van der Waals surface area (Å²) in [5.74, 6) is 0.448. The normalized spacial score (nSPS) is 25.7. The van der Waals surface area contributed by atoms with Crippen molar-refractivity contribution in [1.82, 2.24) is 5.32 Å². The molecule has 168 valence electrons. The number of rotatable bonds is 4. The Kier molecular flexibility index (Phi) is 5.75. The van der Waals surface area contributed by atoms with Gasteiger partial charge in [-0.25, -0.2) is 4.79 Å². The van der Waals surface area contributed by atoms with Gasteiger partial charge in [0.1, 0.15) is 17.5 Å². The molecule has 1 N–H and O–H groups in total. The highest BCUT2D eigenvalue weighted by atomic mass is 16.6. The average molecular weight is 442 g/mol. The molecule has 5 rings (SSSR count). The number of alkyl carbamates (subject to hydrolysis) is 1. The van der Waals surface area contributed by atoms with Crippen molar-refractivity contribution in [3.8, 4) is 0 Å². The molecule has 33 heavy (non-hydrogen) atoms. The molecule has 5 heteroatoms. The van der Waals surface area contributed by atoms with Crippen LogP contribution in [0.2, 0.25) is 0 Å². The van der Waals surface area contributed by atoms with Gasteiger partial charge in [0, 0.05) is 20.6 Å². The first-order chi connectivity index (χ1) is 16.1. The fourth-order valence-electron chi connectivity index (χ4n) is 4.82. The van der Waals surface area contributed by atoms with Crippen LogP contribution in [0, 0.1) is 0 Å². The van der Waals surface area contributed by atoms with Crippen LogP contribution in [0.25, 0.3) is 6.08 Å². The number of hydrogen-bond donors (Lipinski definition) is 1. The van der Waals surface area contributed by atoms with Crippen LogP contribution in [0.15, 0.2) is 95.8 Å². The number of benzene rings is 2. The van der Waals surface area contributed by atoms with E-state index in [-0.39, 0.29) is 12.2 Å². The lowest BCUT2D eigenvalue weighted by Gasteiger charge is -2.39. The molecule has 2 aromatic rings. The van der Waals surface area contributed by atoms with E-state index in [1.54, 1.807) is 14.2 Å². The van der Waals surface area contributed by atoms with Gasteiger partial charge >= 0.3 is 6.09 Å². The van der Waals surface area contributed by atoms with Gasteiger partial charge < -0.3 is 19.5 Å². The van der Waals surface area contributed by atoms with Gasteiger partial charge in [-0.1, -0.05) is 72.8 Å². The minimum Gasteiger partial charge on any atom is -0.411 e. The molecule has 0 spiro atoms. The van der Waals surface area contributed by atoms with Crippen LogP contribution < -0.4 is 5.32 Å². The third-order valence-corrected chi connectivity index (χ3v) is 6.53. The smallest absolute Gasteiger partial charge is 0.411 e. The molecule has 0 fully saturated rings. The lowest BCUT2D eigenvalue weighted by molar-refractivity contribution is -0.00671. The second-order valence-electron chi connectivity index (χ2n) is 8.45. The van der Waals surface area contributed by atoms with E-state index in [2.05, 4.69) is 35.7 Å². The summed E-state index contributed by atoms with van der Waals surface area (Å²) in [5.41, 5.74) is 4.80. The third kappa shape index (κ3) is 4.06. The second kappa shape index (κ2) is 8.85. The van der Waals surface area contributed by atoms with Gasteiger partial charge in [0.15, 0.2) is 0 Å². The Morgan fingerprint density at radius 3 is 2.67 bits per heavy atom. The molecular weight excluding hydrogens is 414 g/mol. The van der Waals surface area contributed by atoms with Crippen LogP contribution in [-0.4, -0.2) is 26.4 Å². The summed E-state index contributed by atoms with van der Waals surface area (Å²) < 4.78 is 18.3. The van der Waals surface area contributed by atoms with Gasteiger partial charge in [0.25, 0.3) is 0 Å². The van der Waals surface area contributed by atoms with Crippen LogP contribution in [0.1, 0.15) is 35.6 Å². The molecule has 1 aliphatic heterocycles. The van der Waals surface area contributed by atoms with E-state index in [4.69, 9.17) is 14.2 Å². The van der Waals surface area contributed by atoms with Crippen molar-refractivity contribution in [2.45, 2.75) is 30.7 Å². The predicted molar refractivity (Wildman–Crippen MR) is 127 cm³/mol. The number of carbonyl (C=O) groups excluding carboxylic acids is 1. The highest BCUT2D eigenvalue weighted by Crippen LogP contribution is 2.45. The Balaban J connectivity index is 1.51. The lowest BCUT2D eigenvalue weighted by Crippen LogP contribution is -2.35. The summed E-state index contributed by atoms with van der Waals surface area (Å²) >= 11 is 0. The van der Waals surface area contributed by atoms with Crippen molar-refractivity contribution in [2.24, 2.45) is 0 Å². The Morgan fingerprint density at radius 1 is 1.09 bits per heavy atom. The van der Waals surface area contributed by atoms with Crippen molar-refractivity contribution < 1.29 is 19.0 Å². The van der Waals surface area contributed by atoms with E-state index >= 15 is 0 Å². The van der Waals surface area contributed by atoms with Gasteiger partial charge in [0.2, 0.25) is 0 Å². The number of hydrogen-bond acceptors (Lipinski definition) is 4. The van der Waals surface area contributed by atoms with Crippen molar-refractivity contribution >= 4 is 12.2 Å². The van der Waals surface area contributed by atoms with Gasteiger partial charge in [-0.05, 0) is 46.4 Å². The zero-order valence-corrected chi connectivity index (χ0v) is 18.8. The fourth-order valence-corrected chi connectivity index (χ4v) is 4.82. The SMILES string of the molecule is CNC(=O)OC1=CC(OC)(c2ccccc2)CC(C2CC=C3C=Cc4ccccc4C3O2)=C1. The number of nitrogens with one attached hydrogen (secondary N) is 1. The first kappa shape index (κ1) is 21.4. The molecule has 3 atom stereocenters. The van der Waals surface area contributed by atoms with E-state index in [0.29, 0.717) is 12.2 Å². The molecule has 0 aromatic heterocycles. The van der Waals surface area contributed by atoms with Crippen LogP contribution in [0.3, 0.4) is 0 Å². The second-order valence-corrected chi connectivity index (χ2v) is 8.45. The molecular formula is C28H27NO4. The van der Waals surface area contributed by atoms with Crippen LogP contribution in [0.4, 0.5) is 4.79 Å². The molecule has 2 aliphatic carbocycles. The van der Waals surface area contributed by atoms with Gasteiger partial charge in [-0.3, -0.25) is 0 Å². The van der Waals surface area contributed by atoms with E-state index in [0.717, 1.165) is 17.6 Å². The first-order valence-electron chi connectivity index (χ1n) is 11.2. The van der Waals surface area contributed by atoms with Crippen molar-refractivity contribution in [2.75, 3.05) is 14.2 Å². The Bertz CT molecular complexity index is 1180. The Hall–Kier alpha value is -3.41. The van der Waals surface area contributed by atoms with Gasteiger partial charge in [0.05, 0.1) is 6.10 Å². The van der Waals surface area contributed by atoms with Gasteiger partial charge in [-0.2, -0.15) is 0 Å². The minimum atomic E-state index is -0.758. The summed E-state index contributed by atoms with van der Waals surface area (Å²) in [6, 6.07) is 18.3. The summed E-state index contributed by atoms with van der Waals surface area (Å²) in [4.78, 5) is 12.0. The zero-order chi connectivity index (χ0) is 22.8. The van der Waals surface area contributed by atoms with Crippen LogP contribution in [-0.2, 0) is 19.8 Å². The maximum absolute atomic E-state index is 12.0. The summed E-state index contributed by atoms with van der Waals surface area (Å²) in [6.45, 7) is 0. The standard InChI is InChI=1S/C28H27NO4/c1-29-27(30)32-23-16-21(17-28(18-23,31-2)22-9-4-3-5-10-22)25-15-14-20-13-12-19-8-6-7-11-24(19)26(20)33-25/h3-14,16,18,25-26H,15,17H2,1-2H3,(H,29,30). The number of carbonyl (C=O) groups is 1. The van der Waals surface area contributed by atoms with Crippen LogP contribution >= 0.6 is 0 Å². The number of fused-ring (bicyclic) bond motifs is 3. The molecule has 2 aromatic carbocycles. The molecule has 5 nitrogen and oxygen atoms in total. The fraction of sp³-hybridized carbons (Fsp3) is 0.250. The summed E-state index contributed by atoms with van der Waals surface area (Å²) in [5, 5.41) is 2.52. The largest absolute Gasteiger partial charge is 0.412 e. The molecule has 1 heterocycles. The summed E-state index contributed by atoms with van der Waals surface area (Å²) in [7, 11) is 3.23. The number of ether oxygens (including phenoxy) is 3. The molecule has 1 amide bonds. The number of allylic oxidation sites excluding steroid dienone is 1. The molecule has 0 bridgehead atoms. The van der Waals surface area contributed by atoms with E-state index < -0.39 is 11.7 Å². The quantitative estimate of drug-likeness (QED) is 0.673. The van der Waals surface area contributed by atoms with Crippen LogP contribution in [0.5, 0.6) is 0 Å². The zero-order valence-electron chi connectivity index (χ0n) is 18.8.